The van der Waals surface area contributed by atoms with Crippen LogP contribution in [0.2, 0.25) is 0 Å². The van der Waals surface area contributed by atoms with Crippen molar-refractivity contribution >= 4 is 5.97 Å². The number of ether oxygens (including phenoxy) is 1. The van der Waals surface area contributed by atoms with Crippen molar-refractivity contribution in [3.05, 3.63) is 24.3 Å². The third-order valence-electron chi connectivity index (χ3n) is 3.25. The maximum absolute atomic E-state index is 10.9. The van der Waals surface area contributed by atoms with Crippen LogP contribution in [0.4, 0.5) is 0 Å². The molecule has 2 nitrogen and oxygen atoms in total. The van der Waals surface area contributed by atoms with Crippen LogP contribution >= 0.6 is 0 Å². The monoisotopic (exact) mass is 192 g/mol. The maximum Gasteiger partial charge on any atom is 0.303 e. The second-order valence-electron chi connectivity index (χ2n) is 4.18. The quantitative estimate of drug-likeness (QED) is 0.471. The van der Waals surface area contributed by atoms with Gasteiger partial charge < -0.3 is 4.74 Å². The Labute approximate surface area is 84.6 Å². The molecule has 0 amide bonds. The topological polar surface area (TPSA) is 26.3 Å². The Morgan fingerprint density at radius 2 is 2.36 bits per heavy atom. The van der Waals surface area contributed by atoms with E-state index in [9.17, 15) is 4.79 Å². The minimum absolute atomic E-state index is 0.0337. The molecular weight excluding hydrogens is 176 g/mol. The number of fused-ring (bicyclic) bond motifs is 1. The molecular formula is C12H16O2. The molecule has 0 aromatic carbocycles. The zero-order chi connectivity index (χ0) is 10.1. The van der Waals surface area contributed by atoms with E-state index in [0.29, 0.717) is 11.8 Å². The fourth-order valence-corrected chi connectivity index (χ4v) is 2.54. The minimum Gasteiger partial charge on any atom is -0.458 e. The highest BCUT2D eigenvalue weighted by molar-refractivity contribution is 5.66. The highest BCUT2D eigenvalue weighted by Crippen LogP contribution is 2.41. The Bertz CT molecular complexity index is 291. The summed E-state index contributed by atoms with van der Waals surface area (Å²) in [5.41, 5.74) is 1.11. The SMILES string of the molecule is C=C1C(OC(C)=O)CCC2C=CCC12. The van der Waals surface area contributed by atoms with Crippen LogP contribution in [0.15, 0.2) is 24.3 Å². The van der Waals surface area contributed by atoms with Crippen LogP contribution in [0, 0.1) is 11.8 Å². The van der Waals surface area contributed by atoms with E-state index in [2.05, 4.69) is 18.7 Å². The predicted molar refractivity (Wildman–Crippen MR) is 54.7 cm³/mol. The van der Waals surface area contributed by atoms with Crippen LogP contribution in [0.5, 0.6) is 0 Å². The van der Waals surface area contributed by atoms with Gasteiger partial charge in [0.1, 0.15) is 6.10 Å². The molecule has 0 aromatic heterocycles. The van der Waals surface area contributed by atoms with Crippen molar-refractivity contribution in [1.82, 2.24) is 0 Å². The predicted octanol–water partition coefficient (Wildman–Crippen LogP) is 2.46. The smallest absolute Gasteiger partial charge is 0.303 e. The first kappa shape index (κ1) is 9.50. The highest BCUT2D eigenvalue weighted by atomic mass is 16.5. The molecule has 0 radical (unpaired) electrons. The molecule has 3 unspecified atom stereocenters. The lowest BCUT2D eigenvalue weighted by Gasteiger charge is -2.33. The summed E-state index contributed by atoms with van der Waals surface area (Å²) in [7, 11) is 0. The van der Waals surface area contributed by atoms with Crippen LogP contribution in [0.25, 0.3) is 0 Å². The summed E-state index contributed by atoms with van der Waals surface area (Å²) in [5, 5.41) is 0. The van der Waals surface area contributed by atoms with Gasteiger partial charge in [-0.05, 0) is 36.7 Å². The summed E-state index contributed by atoms with van der Waals surface area (Å²) in [6.07, 6.45) is 7.59. The van der Waals surface area contributed by atoms with E-state index in [-0.39, 0.29) is 12.1 Å². The van der Waals surface area contributed by atoms with E-state index in [1.54, 1.807) is 0 Å². The van der Waals surface area contributed by atoms with Gasteiger partial charge in [0.2, 0.25) is 0 Å². The van der Waals surface area contributed by atoms with Crippen LogP contribution in [0.3, 0.4) is 0 Å². The largest absolute Gasteiger partial charge is 0.458 e. The molecule has 2 heteroatoms. The Hall–Kier alpha value is -1.05. The van der Waals surface area contributed by atoms with Gasteiger partial charge in [0.15, 0.2) is 0 Å². The molecule has 0 saturated heterocycles. The van der Waals surface area contributed by atoms with Gasteiger partial charge in [-0.1, -0.05) is 18.7 Å². The fraction of sp³-hybridized carbons (Fsp3) is 0.583. The molecule has 0 bridgehead atoms. The van der Waals surface area contributed by atoms with Gasteiger partial charge in [-0.2, -0.15) is 0 Å². The van der Waals surface area contributed by atoms with E-state index in [1.165, 1.54) is 6.92 Å². The van der Waals surface area contributed by atoms with Crippen LogP contribution < -0.4 is 0 Å². The molecule has 0 heterocycles. The molecule has 0 aromatic rings. The van der Waals surface area contributed by atoms with Crippen molar-refractivity contribution < 1.29 is 9.53 Å². The molecule has 14 heavy (non-hydrogen) atoms. The number of hydrogen-bond donors (Lipinski definition) is 0. The van der Waals surface area contributed by atoms with E-state index in [0.717, 1.165) is 24.8 Å². The lowest BCUT2D eigenvalue weighted by molar-refractivity contribution is -0.145. The number of hydrogen-bond acceptors (Lipinski definition) is 2. The third kappa shape index (κ3) is 1.61. The average Bonchev–Trinajstić information content (AvgIpc) is 2.57. The summed E-state index contributed by atoms with van der Waals surface area (Å²) < 4.78 is 5.25. The molecule has 3 atom stereocenters. The molecule has 2 aliphatic rings. The number of carbonyl (C=O) groups excluding carboxylic acids is 1. The Kier molecular flexibility index (Phi) is 2.44. The number of rotatable bonds is 1. The van der Waals surface area contributed by atoms with Gasteiger partial charge in [0.25, 0.3) is 0 Å². The zero-order valence-electron chi connectivity index (χ0n) is 8.53. The Morgan fingerprint density at radius 1 is 1.57 bits per heavy atom. The maximum atomic E-state index is 10.9. The molecule has 76 valence electrons. The summed E-state index contributed by atoms with van der Waals surface area (Å²) >= 11 is 0. The standard InChI is InChI=1S/C12H16O2/c1-8-11-5-3-4-10(11)6-7-12(8)14-9(2)13/h3-4,10-12H,1,5-7H2,2H3. The normalized spacial score (nSPS) is 35.5. The molecule has 0 spiro atoms. The third-order valence-corrected chi connectivity index (χ3v) is 3.25. The molecule has 2 aliphatic carbocycles. The van der Waals surface area contributed by atoms with Gasteiger partial charge in [-0.15, -0.1) is 0 Å². The molecule has 1 saturated carbocycles. The summed E-state index contributed by atoms with van der Waals surface area (Å²) in [6.45, 7) is 5.54. The van der Waals surface area contributed by atoms with Crippen molar-refractivity contribution in [2.75, 3.05) is 0 Å². The van der Waals surface area contributed by atoms with Crippen LogP contribution in [0.1, 0.15) is 26.2 Å². The summed E-state index contributed by atoms with van der Waals surface area (Å²) in [4.78, 5) is 10.9. The number of allylic oxidation sites excluding steroid dienone is 2. The Balaban J connectivity index is 2.03. The van der Waals surface area contributed by atoms with E-state index in [1.807, 2.05) is 0 Å². The van der Waals surface area contributed by atoms with Gasteiger partial charge >= 0.3 is 5.97 Å². The number of esters is 1. The van der Waals surface area contributed by atoms with E-state index >= 15 is 0 Å². The second kappa shape index (κ2) is 3.60. The number of carbonyl (C=O) groups is 1. The summed E-state index contributed by atoms with van der Waals surface area (Å²) in [6, 6.07) is 0. The zero-order valence-corrected chi connectivity index (χ0v) is 8.53. The van der Waals surface area contributed by atoms with Crippen molar-refractivity contribution in [3.63, 3.8) is 0 Å². The van der Waals surface area contributed by atoms with Crippen molar-refractivity contribution in [1.29, 1.82) is 0 Å². The van der Waals surface area contributed by atoms with Gasteiger partial charge in [0, 0.05) is 6.92 Å². The van der Waals surface area contributed by atoms with Crippen LogP contribution in [-0.4, -0.2) is 12.1 Å². The second-order valence-corrected chi connectivity index (χ2v) is 4.18. The molecule has 0 N–H and O–H groups in total. The molecule has 0 aliphatic heterocycles. The average molecular weight is 192 g/mol. The lowest BCUT2D eigenvalue weighted by atomic mass is 9.77. The Morgan fingerprint density at radius 3 is 3.07 bits per heavy atom. The van der Waals surface area contributed by atoms with E-state index in [4.69, 9.17) is 4.74 Å². The van der Waals surface area contributed by atoms with Crippen molar-refractivity contribution in [2.24, 2.45) is 11.8 Å². The van der Waals surface area contributed by atoms with Gasteiger partial charge in [0.05, 0.1) is 0 Å². The highest BCUT2D eigenvalue weighted by Gasteiger charge is 2.35. The molecule has 2 rings (SSSR count). The first-order valence-electron chi connectivity index (χ1n) is 5.21. The first-order chi connectivity index (χ1) is 6.68. The van der Waals surface area contributed by atoms with Gasteiger partial charge in [-0.3, -0.25) is 4.79 Å². The molecule has 1 fully saturated rings. The van der Waals surface area contributed by atoms with Gasteiger partial charge in [-0.25, -0.2) is 0 Å². The van der Waals surface area contributed by atoms with Crippen molar-refractivity contribution in [2.45, 2.75) is 32.3 Å². The van der Waals surface area contributed by atoms with Crippen molar-refractivity contribution in [3.8, 4) is 0 Å². The fourth-order valence-electron chi connectivity index (χ4n) is 2.54. The van der Waals surface area contributed by atoms with E-state index < -0.39 is 0 Å². The van der Waals surface area contributed by atoms with Crippen LogP contribution in [-0.2, 0) is 9.53 Å². The first-order valence-corrected chi connectivity index (χ1v) is 5.21. The lowest BCUT2D eigenvalue weighted by Crippen LogP contribution is -2.30. The summed E-state index contributed by atoms with van der Waals surface area (Å²) in [5.74, 6) is 0.975. The minimum atomic E-state index is -0.194.